The Balaban J connectivity index is 2.53. The molecule has 0 aliphatic carbocycles. The van der Waals surface area contributed by atoms with Gasteiger partial charge in [-0.1, -0.05) is 26.0 Å². The summed E-state index contributed by atoms with van der Waals surface area (Å²) in [6.07, 6.45) is -1.60. The number of carbonyl (C=O) groups is 2. The number of aliphatic hydroxyl groups is 1. The molecule has 0 bridgehead atoms. The van der Waals surface area contributed by atoms with Crippen LogP contribution in [0.1, 0.15) is 25.3 Å². The van der Waals surface area contributed by atoms with E-state index >= 15 is 0 Å². The van der Waals surface area contributed by atoms with Crippen LogP contribution in [0.4, 0.5) is 10.5 Å². The first-order valence-electron chi connectivity index (χ1n) is 5.96. The van der Waals surface area contributed by atoms with Crippen molar-refractivity contribution < 1.29 is 19.8 Å². The summed E-state index contributed by atoms with van der Waals surface area (Å²) in [6.45, 7) is 3.75. The van der Waals surface area contributed by atoms with E-state index in [1.54, 1.807) is 6.07 Å². The fraction of sp³-hybridized carbons (Fsp3) is 0.385. The van der Waals surface area contributed by atoms with Gasteiger partial charge in [-0.15, -0.1) is 0 Å². The second-order valence-electron chi connectivity index (χ2n) is 4.47. The second kappa shape index (κ2) is 6.75. The Kier molecular flexibility index (Phi) is 5.32. The van der Waals surface area contributed by atoms with Crippen LogP contribution in [0.15, 0.2) is 24.3 Å². The zero-order valence-corrected chi connectivity index (χ0v) is 10.9. The van der Waals surface area contributed by atoms with Gasteiger partial charge in [0.25, 0.3) is 0 Å². The molecule has 0 fully saturated rings. The van der Waals surface area contributed by atoms with Gasteiger partial charge in [0.15, 0.2) is 6.10 Å². The van der Waals surface area contributed by atoms with Gasteiger partial charge in [0.1, 0.15) is 0 Å². The fourth-order valence-corrected chi connectivity index (χ4v) is 1.43. The number of benzene rings is 1. The maximum Gasteiger partial charge on any atom is 0.334 e. The largest absolute Gasteiger partial charge is 0.479 e. The van der Waals surface area contributed by atoms with Crippen molar-refractivity contribution in [1.29, 1.82) is 0 Å². The first-order valence-corrected chi connectivity index (χ1v) is 5.96. The van der Waals surface area contributed by atoms with Gasteiger partial charge in [0.2, 0.25) is 0 Å². The zero-order valence-electron chi connectivity index (χ0n) is 10.9. The molecule has 0 radical (unpaired) electrons. The Morgan fingerprint density at radius 1 is 1.32 bits per heavy atom. The maximum atomic E-state index is 11.5. The molecular formula is C13H18N2O4. The van der Waals surface area contributed by atoms with Crippen molar-refractivity contribution in [2.24, 2.45) is 0 Å². The molecule has 1 rings (SSSR count). The lowest BCUT2D eigenvalue weighted by molar-refractivity contribution is -0.146. The predicted molar refractivity (Wildman–Crippen MR) is 71.2 cm³/mol. The molecule has 0 saturated heterocycles. The highest BCUT2D eigenvalue weighted by molar-refractivity contribution is 5.89. The molecule has 104 valence electrons. The molecule has 0 spiro atoms. The topological polar surface area (TPSA) is 98.7 Å². The molecule has 0 aliphatic rings. The Bertz CT molecular complexity index is 460. The van der Waals surface area contributed by atoms with Gasteiger partial charge in [-0.05, 0) is 23.6 Å². The van der Waals surface area contributed by atoms with E-state index in [1.807, 2.05) is 32.0 Å². The van der Waals surface area contributed by atoms with Crippen LogP contribution in [0, 0.1) is 0 Å². The minimum atomic E-state index is -1.60. The summed E-state index contributed by atoms with van der Waals surface area (Å²) in [5, 5.41) is 22.3. The predicted octanol–water partition coefficient (Wildman–Crippen LogP) is 1.38. The Hall–Kier alpha value is -2.08. The van der Waals surface area contributed by atoms with Gasteiger partial charge >= 0.3 is 12.0 Å². The normalized spacial score (nSPS) is 12.0. The minimum absolute atomic E-state index is 0.342. The number of carboxylic acids is 1. The summed E-state index contributed by atoms with van der Waals surface area (Å²) >= 11 is 0. The van der Waals surface area contributed by atoms with E-state index in [4.69, 9.17) is 10.2 Å². The maximum absolute atomic E-state index is 11.5. The van der Waals surface area contributed by atoms with E-state index in [0.29, 0.717) is 11.6 Å². The zero-order chi connectivity index (χ0) is 14.4. The Morgan fingerprint density at radius 3 is 2.58 bits per heavy atom. The van der Waals surface area contributed by atoms with Gasteiger partial charge in [-0.3, -0.25) is 0 Å². The molecule has 6 nitrogen and oxygen atoms in total. The average molecular weight is 266 g/mol. The highest BCUT2D eigenvalue weighted by Crippen LogP contribution is 2.18. The van der Waals surface area contributed by atoms with E-state index < -0.39 is 18.1 Å². The highest BCUT2D eigenvalue weighted by atomic mass is 16.4. The van der Waals surface area contributed by atoms with Crippen LogP contribution in [-0.2, 0) is 4.79 Å². The smallest absolute Gasteiger partial charge is 0.334 e. The molecule has 1 atom stereocenters. The van der Waals surface area contributed by atoms with Crippen molar-refractivity contribution >= 4 is 17.7 Å². The molecule has 4 N–H and O–H groups in total. The van der Waals surface area contributed by atoms with Crippen molar-refractivity contribution in [2.75, 3.05) is 11.9 Å². The molecule has 1 aromatic rings. The van der Waals surface area contributed by atoms with E-state index in [9.17, 15) is 9.59 Å². The molecule has 0 heterocycles. The van der Waals surface area contributed by atoms with Crippen LogP contribution >= 0.6 is 0 Å². The number of anilines is 1. The van der Waals surface area contributed by atoms with Crippen LogP contribution in [0.3, 0.4) is 0 Å². The number of nitrogens with one attached hydrogen (secondary N) is 2. The summed E-state index contributed by atoms with van der Waals surface area (Å²) < 4.78 is 0. The summed E-state index contributed by atoms with van der Waals surface area (Å²) in [7, 11) is 0. The van der Waals surface area contributed by atoms with Crippen LogP contribution in [0.2, 0.25) is 0 Å². The third-order valence-electron chi connectivity index (χ3n) is 2.55. The monoisotopic (exact) mass is 266 g/mol. The van der Waals surface area contributed by atoms with Gasteiger partial charge in [0.05, 0.1) is 6.54 Å². The van der Waals surface area contributed by atoms with E-state index in [-0.39, 0.29) is 6.54 Å². The molecule has 0 saturated carbocycles. The minimum Gasteiger partial charge on any atom is -0.479 e. The number of hydrogen-bond donors (Lipinski definition) is 4. The first-order chi connectivity index (χ1) is 8.90. The van der Waals surface area contributed by atoms with E-state index in [2.05, 4.69) is 10.6 Å². The lowest BCUT2D eigenvalue weighted by Crippen LogP contribution is -2.38. The number of aliphatic hydroxyl groups excluding tert-OH is 1. The lowest BCUT2D eigenvalue weighted by Gasteiger charge is -2.11. The standard InChI is InChI=1S/C13H18N2O4/c1-8(2)9-4-3-5-10(6-9)15-13(19)14-7-11(16)12(17)18/h3-6,8,11,16H,7H2,1-2H3,(H,17,18)(H2,14,15,19). The number of urea groups is 1. The van der Waals surface area contributed by atoms with Crippen molar-refractivity contribution in [2.45, 2.75) is 25.9 Å². The summed E-state index contributed by atoms with van der Waals surface area (Å²) in [5.74, 6) is -1.03. The Labute approximate surface area is 111 Å². The molecule has 0 aliphatic heterocycles. The second-order valence-corrected chi connectivity index (χ2v) is 4.47. The lowest BCUT2D eigenvalue weighted by atomic mass is 10.0. The van der Waals surface area contributed by atoms with Crippen molar-refractivity contribution in [3.63, 3.8) is 0 Å². The number of hydrogen-bond acceptors (Lipinski definition) is 3. The van der Waals surface area contributed by atoms with E-state index in [1.165, 1.54) is 0 Å². The summed E-state index contributed by atoms with van der Waals surface area (Å²) in [4.78, 5) is 21.9. The van der Waals surface area contributed by atoms with Crippen LogP contribution in [0.5, 0.6) is 0 Å². The van der Waals surface area contributed by atoms with Crippen LogP contribution in [-0.4, -0.2) is 34.9 Å². The van der Waals surface area contributed by atoms with Crippen LogP contribution in [0.25, 0.3) is 0 Å². The first kappa shape index (κ1) is 15.0. The number of carboxylic acid groups (broad SMARTS) is 1. The van der Waals surface area contributed by atoms with E-state index in [0.717, 1.165) is 5.56 Å². The molecule has 0 aromatic heterocycles. The average Bonchev–Trinajstić information content (AvgIpc) is 2.36. The van der Waals surface area contributed by atoms with Gasteiger partial charge in [-0.25, -0.2) is 9.59 Å². The SMILES string of the molecule is CC(C)c1cccc(NC(=O)NCC(O)C(=O)O)c1. The number of amides is 2. The summed E-state index contributed by atoms with van der Waals surface area (Å²) in [6, 6.07) is 6.82. The number of rotatable bonds is 5. The van der Waals surface area contributed by atoms with Crippen molar-refractivity contribution in [3.05, 3.63) is 29.8 Å². The summed E-state index contributed by atoms with van der Waals surface area (Å²) in [5.41, 5.74) is 1.71. The van der Waals surface area contributed by atoms with Gasteiger partial charge < -0.3 is 20.8 Å². The molecular weight excluding hydrogens is 248 g/mol. The third-order valence-corrected chi connectivity index (χ3v) is 2.55. The molecule has 1 unspecified atom stereocenters. The molecule has 6 heteroatoms. The quantitative estimate of drug-likeness (QED) is 0.647. The molecule has 2 amide bonds. The molecule has 19 heavy (non-hydrogen) atoms. The number of aliphatic carboxylic acids is 1. The highest BCUT2D eigenvalue weighted by Gasteiger charge is 2.14. The Morgan fingerprint density at radius 2 is 2.00 bits per heavy atom. The van der Waals surface area contributed by atoms with Gasteiger partial charge in [-0.2, -0.15) is 0 Å². The third kappa shape index (κ3) is 4.97. The molecule has 1 aromatic carbocycles. The van der Waals surface area contributed by atoms with Crippen LogP contribution < -0.4 is 10.6 Å². The van der Waals surface area contributed by atoms with Crippen molar-refractivity contribution in [1.82, 2.24) is 5.32 Å². The van der Waals surface area contributed by atoms with Gasteiger partial charge in [0, 0.05) is 5.69 Å². The van der Waals surface area contributed by atoms with Crippen molar-refractivity contribution in [3.8, 4) is 0 Å². The fourth-order valence-electron chi connectivity index (χ4n) is 1.43. The number of carbonyl (C=O) groups excluding carboxylic acids is 1.